The summed E-state index contributed by atoms with van der Waals surface area (Å²) in [6, 6.07) is 16.9. The summed E-state index contributed by atoms with van der Waals surface area (Å²) in [5.74, 6) is 0.767. The standard InChI is InChI=1S/C16H14N2O2/c1-19-16-8-4-5-13(9-16)11-18-20-12-15-7-3-2-6-14(15)10-17/h2-9,11H,12H2,1H3/b18-11-. The zero-order chi connectivity index (χ0) is 14.2. The van der Waals surface area contributed by atoms with E-state index in [2.05, 4.69) is 11.2 Å². The molecule has 2 aromatic carbocycles. The van der Waals surface area contributed by atoms with Crippen molar-refractivity contribution in [2.24, 2.45) is 5.16 Å². The van der Waals surface area contributed by atoms with Crippen LogP contribution in [0.4, 0.5) is 0 Å². The van der Waals surface area contributed by atoms with Crippen LogP contribution in [0.1, 0.15) is 16.7 Å². The quantitative estimate of drug-likeness (QED) is 0.617. The number of rotatable bonds is 5. The summed E-state index contributed by atoms with van der Waals surface area (Å²) < 4.78 is 5.12. The fourth-order valence-electron chi connectivity index (χ4n) is 1.68. The molecule has 2 rings (SSSR count). The van der Waals surface area contributed by atoms with E-state index in [1.165, 1.54) is 0 Å². The Hall–Kier alpha value is -2.80. The molecule has 20 heavy (non-hydrogen) atoms. The van der Waals surface area contributed by atoms with Crippen molar-refractivity contribution in [2.45, 2.75) is 6.61 Å². The maximum atomic E-state index is 8.95. The van der Waals surface area contributed by atoms with Crippen molar-refractivity contribution in [1.82, 2.24) is 0 Å². The molecule has 0 saturated heterocycles. The Bertz CT molecular complexity index is 645. The van der Waals surface area contributed by atoms with Crippen molar-refractivity contribution >= 4 is 6.21 Å². The van der Waals surface area contributed by atoms with Crippen LogP contribution in [0.5, 0.6) is 5.75 Å². The van der Waals surface area contributed by atoms with Gasteiger partial charge in [0.05, 0.1) is 25.0 Å². The van der Waals surface area contributed by atoms with Gasteiger partial charge < -0.3 is 9.57 Å². The molecule has 2 aromatic rings. The number of nitriles is 1. The van der Waals surface area contributed by atoms with Gasteiger partial charge in [0.25, 0.3) is 0 Å². The maximum Gasteiger partial charge on any atom is 0.143 e. The summed E-state index contributed by atoms with van der Waals surface area (Å²) in [7, 11) is 1.62. The van der Waals surface area contributed by atoms with Gasteiger partial charge in [-0.3, -0.25) is 0 Å². The minimum atomic E-state index is 0.268. The second-order valence-electron chi connectivity index (χ2n) is 4.05. The molecule has 0 fully saturated rings. The fraction of sp³-hybridized carbons (Fsp3) is 0.125. The van der Waals surface area contributed by atoms with Crippen molar-refractivity contribution in [3.8, 4) is 11.8 Å². The zero-order valence-electron chi connectivity index (χ0n) is 11.1. The normalized spacial score (nSPS) is 10.2. The van der Waals surface area contributed by atoms with Crippen LogP contribution >= 0.6 is 0 Å². The Morgan fingerprint density at radius 3 is 2.85 bits per heavy atom. The lowest BCUT2D eigenvalue weighted by Crippen LogP contribution is -1.92. The highest BCUT2D eigenvalue weighted by molar-refractivity contribution is 5.79. The van der Waals surface area contributed by atoms with Crippen LogP contribution in [0.2, 0.25) is 0 Å². The van der Waals surface area contributed by atoms with E-state index in [0.717, 1.165) is 16.9 Å². The smallest absolute Gasteiger partial charge is 0.143 e. The Balaban J connectivity index is 1.95. The predicted molar refractivity (Wildman–Crippen MR) is 76.5 cm³/mol. The van der Waals surface area contributed by atoms with Gasteiger partial charge >= 0.3 is 0 Å². The van der Waals surface area contributed by atoms with Crippen molar-refractivity contribution < 1.29 is 9.57 Å². The molecule has 0 aliphatic carbocycles. The molecular formula is C16H14N2O2. The third-order valence-corrected chi connectivity index (χ3v) is 2.73. The second kappa shape index (κ2) is 6.95. The number of hydrogen-bond donors (Lipinski definition) is 0. The van der Waals surface area contributed by atoms with Crippen molar-refractivity contribution in [3.05, 3.63) is 65.2 Å². The SMILES string of the molecule is COc1cccc(/C=N\OCc2ccccc2C#N)c1. The number of hydrogen-bond acceptors (Lipinski definition) is 4. The van der Waals surface area contributed by atoms with Crippen LogP contribution in [0.3, 0.4) is 0 Å². The summed E-state index contributed by atoms with van der Waals surface area (Å²) in [6.07, 6.45) is 1.61. The lowest BCUT2D eigenvalue weighted by atomic mass is 10.1. The first-order valence-electron chi connectivity index (χ1n) is 6.11. The molecule has 0 heterocycles. The van der Waals surface area contributed by atoms with Gasteiger partial charge in [-0.1, -0.05) is 35.5 Å². The molecule has 4 nitrogen and oxygen atoms in total. The second-order valence-corrected chi connectivity index (χ2v) is 4.05. The molecule has 0 unspecified atom stereocenters. The van der Waals surface area contributed by atoms with Crippen molar-refractivity contribution in [1.29, 1.82) is 5.26 Å². The van der Waals surface area contributed by atoms with E-state index >= 15 is 0 Å². The lowest BCUT2D eigenvalue weighted by molar-refractivity contribution is 0.132. The van der Waals surface area contributed by atoms with Gasteiger partial charge in [-0.05, 0) is 23.8 Å². The van der Waals surface area contributed by atoms with Gasteiger partial charge in [0.2, 0.25) is 0 Å². The average Bonchev–Trinajstić information content (AvgIpc) is 2.52. The highest BCUT2D eigenvalue weighted by atomic mass is 16.6. The summed E-state index contributed by atoms with van der Waals surface area (Å²) in [5, 5.41) is 12.9. The fourth-order valence-corrected chi connectivity index (χ4v) is 1.68. The van der Waals surface area contributed by atoms with E-state index in [4.69, 9.17) is 14.8 Å². The number of nitrogens with zero attached hydrogens (tertiary/aromatic N) is 2. The van der Waals surface area contributed by atoms with E-state index < -0.39 is 0 Å². The van der Waals surface area contributed by atoms with Crippen LogP contribution in [-0.2, 0) is 11.4 Å². The van der Waals surface area contributed by atoms with Crippen molar-refractivity contribution in [3.63, 3.8) is 0 Å². The molecule has 0 N–H and O–H groups in total. The van der Waals surface area contributed by atoms with Gasteiger partial charge in [0, 0.05) is 5.56 Å². The van der Waals surface area contributed by atoms with E-state index in [1.54, 1.807) is 19.4 Å². The average molecular weight is 266 g/mol. The van der Waals surface area contributed by atoms with E-state index in [-0.39, 0.29) is 6.61 Å². The topological polar surface area (TPSA) is 54.6 Å². The summed E-state index contributed by atoms with van der Waals surface area (Å²) >= 11 is 0. The number of oxime groups is 1. The molecule has 0 saturated carbocycles. The van der Waals surface area contributed by atoms with Crippen LogP contribution in [-0.4, -0.2) is 13.3 Å². The van der Waals surface area contributed by atoms with E-state index in [1.807, 2.05) is 42.5 Å². The number of methoxy groups -OCH3 is 1. The molecular weight excluding hydrogens is 252 g/mol. The molecule has 0 bridgehead atoms. The molecule has 0 aliphatic rings. The van der Waals surface area contributed by atoms with Crippen LogP contribution in [0, 0.1) is 11.3 Å². The van der Waals surface area contributed by atoms with Gasteiger partial charge in [0.1, 0.15) is 12.4 Å². The Morgan fingerprint density at radius 1 is 1.20 bits per heavy atom. The third kappa shape index (κ3) is 3.59. The molecule has 0 radical (unpaired) electrons. The number of ether oxygens (including phenoxy) is 1. The summed E-state index contributed by atoms with van der Waals surface area (Å²) in [5.41, 5.74) is 2.31. The lowest BCUT2D eigenvalue weighted by Gasteiger charge is -2.02. The highest BCUT2D eigenvalue weighted by Gasteiger charge is 2.00. The van der Waals surface area contributed by atoms with Crippen LogP contribution < -0.4 is 4.74 Å². The molecule has 0 spiro atoms. The third-order valence-electron chi connectivity index (χ3n) is 2.73. The predicted octanol–water partition coefficient (Wildman–Crippen LogP) is 3.12. The first-order chi connectivity index (χ1) is 9.83. The molecule has 0 aliphatic heterocycles. The maximum absolute atomic E-state index is 8.95. The highest BCUT2D eigenvalue weighted by Crippen LogP contribution is 2.11. The minimum absolute atomic E-state index is 0.268. The largest absolute Gasteiger partial charge is 0.497 e. The monoisotopic (exact) mass is 266 g/mol. The number of benzene rings is 2. The molecule has 4 heteroatoms. The van der Waals surface area contributed by atoms with Crippen LogP contribution in [0.25, 0.3) is 0 Å². The summed E-state index contributed by atoms with van der Waals surface area (Å²) in [4.78, 5) is 5.22. The minimum Gasteiger partial charge on any atom is -0.497 e. The first-order valence-corrected chi connectivity index (χ1v) is 6.11. The van der Waals surface area contributed by atoms with Gasteiger partial charge in [-0.25, -0.2) is 0 Å². The van der Waals surface area contributed by atoms with Gasteiger partial charge in [-0.2, -0.15) is 5.26 Å². The Morgan fingerprint density at radius 2 is 2.05 bits per heavy atom. The Kier molecular flexibility index (Phi) is 4.74. The van der Waals surface area contributed by atoms with Crippen molar-refractivity contribution in [2.75, 3.05) is 7.11 Å². The molecule has 0 amide bonds. The van der Waals surface area contributed by atoms with E-state index in [0.29, 0.717) is 5.56 Å². The first kappa shape index (κ1) is 13.6. The van der Waals surface area contributed by atoms with Gasteiger partial charge in [-0.15, -0.1) is 0 Å². The van der Waals surface area contributed by atoms with Crippen LogP contribution in [0.15, 0.2) is 53.7 Å². The molecule has 100 valence electrons. The van der Waals surface area contributed by atoms with Gasteiger partial charge in [0.15, 0.2) is 0 Å². The Labute approximate surface area is 117 Å². The van der Waals surface area contributed by atoms with E-state index in [9.17, 15) is 0 Å². The molecule has 0 atom stereocenters. The summed E-state index contributed by atoms with van der Waals surface area (Å²) in [6.45, 7) is 0.268. The zero-order valence-corrected chi connectivity index (χ0v) is 11.1. The molecule has 0 aromatic heterocycles.